The van der Waals surface area contributed by atoms with Crippen molar-refractivity contribution < 1.29 is 14.7 Å². The summed E-state index contributed by atoms with van der Waals surface area (Å²) in [5, 5.41) is 12.3. The molecule has 0 saturated carbocycles. The van der Waals surface area contributed by atoms with Crippen LogP contribution < -0.4 is 10.0 Å². The molecule has 2 aromatic rings. The summed E-state index contributed by atoms with van der Waals surface area (Å²) in [5.74, 6) is 0.323. The minimum atomic E-state index is -0.167. The molecule has 0 aliphatic heterocycles. The Morgan fingerprint density at radius 2 is 2.16 bits per heavy atom. The number of hydrogen-bond donors (Lipinski definition) is 2. The number of anilines is 1. The number of aromatic nitrogens is 2. The van der Waals surface area contributed by atoms with E-state index < -0.39 is 0 Å². The SMILES string of the molecule is CSc1cc(-c2ccnc(NC(C)=O)c2)c[n+](O)c1. The number of thioether (sulfide) groups is 1. The van der Waals surface area contributed by atoms with Gasteiger partial charge in [-0.3, -0.25) is 10.0 Å². The summed E-state index contributed by atoms with van der Waals surface area (Å²) >= 11 is 1.54. The molecule has 2 rings (SSSR count). The molecular weight excluding hydrogens is 262 g/mol. The number of nitrogens with one attached hydrogen (secondary N) is 1. The zero-order valence-electron chi connectivity index (χ0n) is 10.6. The van der Waals surface area contributed by atoms with E-state index in [0.29, 0.717) is 5.82 Å². The van der Waals surface area contributed by atoms with Gasteiger partial charge in [0.25, 0.3) is 0 Å². The van der Waals surface area contributed by atoms with Crippen molar-refractivity contribution in [3.05, 3.63) is 36.8 Å². The minimum Gasteiger partial charge on any atom is -0.311 e. The lowest BCUT2D eigenvalue weighted by Crippen LogP contribution is -2.29. The van der Waals surface area contributed by atoms with Gasteiger partial charge < -0.3 is 5.32 Å². The molecule has 98 valence electrons. The topological polar surface area (TPSA) is 66.1 Å². The van der Waals surface area contributed by atoms with Crippen molar-refractivity contribution in [2.45, 2.75) is 11.8 Å². The molecule has 0 aliphatic carbocycles. The summed E-state index contributed by atoms with van der Waals surface area (Å²) in [5.41, 5.74) is 1.72. The lowest BCUT2D eigenvalue weighted by atomic mass is 10.1. The molecule has 2 heterocycles. The Labute approximate surface area is 115 Å². The van der Waals surface area contributed by atoms with E-state index in [1.54, 1.807) is 36.4 Å². The van der Waals surface area contributed by atoms with E-state index in [2.05, 4.69) is 10.3 Å². The van der Waals surface area contributed by atoms with Crippen molar-refractivity contribution in [2.75, 3.05) is 11.6 Å². The third-order valence-corrected chi connectivity index (χ3v) is 3.16. The maximum absolute atomic E-state index is 11.0. The summed E-state index contributed by atoms with van der Waals surface area (Å²) in [7, 11) is 0. The second-order valence-corrected chi connectivity index (χ2v) is 4.83. The second kappa shape index (κ2) is 5.71. The van der Waals surface area contributed by atoms with E-state index in [9.17, 15) is 10.0 Å². The van der Waals surface area contributed by atoms with Crippen molar-refractivity contribution in [3.63, 3.8) is 0 Å². The Morgan fingerprint density at radius 1 is 1.37 bits per heavy atom. The number of rotatable bonds is 3. The highest BCUT2D eigenvalue weighted by Gasteiger charge is 2.09. The first-order valence-corrected chi connectivity index (χ1v) is 6.84. The lowest BCUT2D eigenvalue weighted by molar-refractivity contribution is -0.905. The molecule has 0 atom stereocenters. The van der Waals surface area contributed by atoms with Crippen molar-refractivity contribution in [1.82, 2.24) is 4.98 Å². The van der Waals surface area contributed by atoms with Crippen molar-refractivity contribution in [2.24, 2.45) is 0 Å². The van der Waals surface area contributed by atoms with Crippen LogP contribution in [-0.2, 0) is 4.79 Å². The third-order valence-electron chi connectivity index (χ3n) is 2.46. The van der Waals surface area contributed by atoms with Gasteiger partial charge in [0.1, 0.15) is 5.82 Å². The van der Waals surface area contributed by atoms with Gasteiger partial charge in [0.15, 0.2) is 0 Å². The fourth-order valence-corrected chi connectivity index (χ4v) is 2.12. The van der Waals surface area contributed by atoms with Gasteiger partial charge >= 0.3 is 0 Å². The average Bonchev–Trinajstić information content (AvgIpc) is 2.37. The third kappa shape index (κ3) is 3.45. The molecule has 6 heteroatoms. The summed E-state index contributed by atoms with van der Waals surface area (Å²) in [6.07, 6.45) is 6.79. The van der Waals surface area contributed by atoms with Crippen LogP contribution in [0.3, 0.4) is 0 Å². The molecule has 0 aromatic carbocycles. The molecule has 5 nitrogen and oxygen atoms in total. The Bertz CT molecular complexity index is 617. The van der Waals surface area contributed by atoms with Gasteiger partial charge in [0.05, 0.1) is 10.5 Å². The molecule has 0 spiro atoms. The van der Waals surface area contributed by atoms with Gasteiger partial charge in [-0.15, -0.1) is 11.8 Å². The quantitative estimate of drug-likeness (QED) is 0.511. The predicted molar refractivity (Wildman–Crippen MR) is 73.1 cm³/mol. The van der Waals surface area contributed by atoms with E-state index in [0.717, 1.165) is 20.8 Å². The zero-order chi connectivity index (χ0) is 13.8. The molecule has 0 bridgehead atoms. The highest BCUT2D eigenvalue weighted by Crippen LogP contribution is 2.23. The van der Waals surface area contributed by atoms with Crippen LogP contribution in [0.5, 0.6) is 0 Å². The molecule has 0 fully saturated rings. The maximum Gasteiger partial charge on any atom is 0.235 e. The molecule has 19 heavy (non-hydrogen) atoms. The molecular formula is C13H14N3O2S+. The van der Waals surface area contributed by atoms with Crippen LogP contribution in [0.15, 0.2) is 41.7 Å². The normalized spacial score (nSPS) is 10.2. The van der Waals surface area contributed by atoms with Crippen LogP contribution in [0, 0.1) is 0 Å². The highest BCUT2D eigenvalue weighted by molar-refractivity contribution is 7.98. The van der Waals surface area contributed by atoms with Crippen molar-refractivity contribution in [3.8, 4) is 11.1 Å². The van der Waals surface area contributed by atoms with Crippen LogP contribution in [0.2, 0.25) is 0 Å². The Kier molecular flexibility index (Phi) is 4.01. The minimum absolute atomic E-state index is 0.167. The average molecular weight is 276 g/mol. The standard InChI is InChI=1S/C13H13N3O2S/c1-9(17)15-13-6-10(3-4-14-13)11-5-12(19-2)8-16(18)7-11/h3-8H,1-2H3,(H-,14,15,17,18)/p+1. The van der Waals surface area contributed by atoms with Gasteiger partial charge in [-0.25, -0.2) is 4.98 Å². The maximum atomic E-state index is 11.0. The fourth-order valence-electron chi connectivity index (χ4n) is 1.67. The Morgan fingerprint density at radius 3 is 2.84 bits per heavy atom. The van der Waals surface area contributed by atoms with Gasteiger partial charge in [-0.1, -0.05) is 0 Å². The Balaban J connectivity index is 2.41. The molecule has 1 amide bonds. The molecule has 2 N–H and O–H groups in total. The van der Waals surface area contributed by atoms with Crippen LogP contribution in [0.1, 0.15) is 6.92 Å². The summed E-state index contributed by atoms with van der Waals surface area (Å²) in [6.45, 7) is 1.43. The summed E-state index contributed by atoms with van der Waals surface area (Å²) in [4.78, 5) is 16.0. The molecule has 2 aromatic heterocycles. The number of carbonyl (C=O) groups is 1. The molecule has 0 aliphatic rings. The fraction of sp³-hybridized carbons (Fsp3) is 0.154. The zero-order valence-corrected chi connectivity index (χ0v) is 11.4. The number of carbonyl (C=O) groups excluding carboxylic acids is 1. The van der Waals surface area contributed by atoms with Crippen LogP contribution in [-0.4, -0.2) is 22.4 Å². The monoisotopic (exact) mass is 276 g/mol. The molecule has 0 unspecified atom stereocenters. The van der Waals surface area contributed by atoms with Gasteiger partial charge in [0, 0.05) is 17.9 Å². The van der Waals surface area contributed by atoms with E-state index in [4.69, 9.17) is 0 Å². The van der Waals surface area contributed by atoms with Crippen molar-refractivity contribution in [1.29, 1.82) is 0 Å². The molecule has 0 radical (unpaired) electrons. The van der Waals surface area contributed by atoms with E-state index >= 15 is 0 Å². The van der Waals surface area contributed by atoms with Gasteiger partial charge in [0.2, 0.25) is 18.3 Å². The van der Waals surface area contributed by atoms with E-state index in [-0.39, 0.29) is 5.91 Å². The first-order chi connectivity index (χ1) is 9.08. The largest absolute Gasteiger partial charge is 0.311 e. The summed E-state index contributed by atoms with van der Waals surface area (Å²) < 4.78 is 1.03. The second-order valence-electron chi connectivity index (χ2n) is 3.96. The number of hydrogen-bond acceptors (Lipinski definition) is 4. The lowest BCUT2D eigenvalue weighted by Gasteiger charge is -2.04. The van der Waals surface area contributed by atoms with Gasteiger partial charge in [-0.05, 0) is 30.0 Å². The number of amides is 1. The molecule has 0 saturated heterocycles. The van der Waals surface area contributed by atoms with Gasteiger partial charge in [-0.2, -0.15) is 0 Å². The van der Waals surface area contributed by atoms with E-state index in [1.165, 1.54) is 6.92 Å². The van der Waals surface area contributed by atoms with Crippen LogP contribution in [0.4, 0.5) is 5.82 Å². The number of nitrogens with zero attached hydrogens (tertiary/aromatic N) is 2. The van der Waals surface area contributed by atoms with Crippen LogP contribution in [0.25, 0.3) is 11.1 Å². The Hall–Kier alpha value is -2.08. The van der Waals surface area contributed by atoms with Crippen molar-refractivity contribution >= 4 is 23.5 Å². The first kappa shape index (κ1) is 13.4. The van der Waals surface area contributed by atoms with Crippen LogP contribution >= 0.6 is 11.8 Å². The van der Waals surface area contributed by atoms with E-state index in [1.807, 2.05) is 18.4 Å². The highest BCUT2D eigenvalue weighted by atomic mass is 32.2. The number of pyridine rings is 2. The smallest absolute Gasteiger partial charge is 0.235 e. The summed E-state index contributed by atoms with van der Waals surface area (Å²) in [6, 6.07) is 5.55. The first-order valence-electron chi connectivity index (χ1n) is 5.62. The predicted octanol–water partition coefficient (Wildman–Crippen LogP) is 1.95.